The number of carbonyl (C=O) groups excluding carboxylic acids is 2. The van der Waals surface area contributed by atoms with E-state index in [4.69, 9.17) is 0 Å². The normalized spacial score (nSPS) is 12.6. The summed E-state index contributed by atoms with van der Waals surface area (Å²) >= 11 is 0. The Labute approximate surface area is 177 Å². The van der Waals surface area contributed by atoms with Gasteiger partial charge in [-0.05, 0) is 49.2 Å². The van der Waals surface area contributed by atoms with Crippen LogP contribution in [-0.4, -0.2) is 17.9 Å². The molecule has 0 aromatic heterocycles. The maximum absolute atomic E-state index is 12.8. The SMILES string of the molecule is CC(=O)Nc1ccc(NC(=O)[C@@H](C)N[C@H](c2ccccc2)c2ccc(C)cc2)cc1. The van der Waals surface area contributed by atoms with Crippen molar-refractivity contribution >= 4 is 23.2 Å². The van der Waals surface area contributed by atoms with Gasteiger partial charge in [0, 0.05) is 18.3 Å². The highest BCUT2D eigenvalue weighted by Crippen LogP contribution is 2.23. The van der Waals surface area contributed by atoms with Gasteiger partial charge >= 0.3 is 0 Å². The van der Waals surface area contributed by atoms with Crippen molar-refractivity contribution in [3.63, 3.8) is 0 Å². The highest BCUT2D eigenvalue weighted by molar-refractivity contribution is 5.95. The summed E-state index contributed by atoms with van der Waals surface area (Å²) in [6.07, 6.45) is 0. The highest BCUT2D eigenvalue weighted by atomic mass is 16.2. The van der Waals surface area contributed by atoms with Gasteiger partial charge in [0.2, 0.25) is 11.8 Å². The molecule has 0 heterocycles. The van der Waals surface area contributed by atoms with E-state index in [1.54, 1.807) is 24.3 Å². The quantitative estimate of drug-likeness (QED) is 0.539. The average molecular weight is 402 g/mol. The van der Waals surface area contributed by atoms with Crippen LogP contribution < -0.4 is 16.0 Å². The Morgan fingerprint density at radius 3 is 1.83 bits per heavy atom. The van der Waals surface area contributed by atoms with Crippen LogP contribution in [-0.2, 0) is 9.59 Å². The van der Waals surface area contributed by atoms with Crippen molar-refractivity contribution in [2.75, 3.05) is 10.6 Å². The molecular formula is C25H27N3O2. The molecule has 0 radical (unpaired) electrons. The van der Waals surface area contributed by atoms with Crippen molar-refractivity contribution in [3.05, 3.63) is 95.6 Å². The van der Waals surface area contributed by atoms with Gasteiger partial charge in [-0.15, -0.1) is 0 Å². The summed E-state index contributed by atoms with van der Waals surface area (Å²) in [4.78, 5) is 23.9. The highest BCUT2D eigenvalue weighted by Gasteiger charge is 2.21. The lowest BCUT2D eigenvalue weighted by Gasteiger charge is -2.24. The molecule has 3 aromatic rings. The third kappa shape index (κ3) is 5.78. The second-order valence-electron chi connectivity index (χ2n) is 7.39. The Morgan fingerprint density at radius 1 is 0.733 bits per heavy atom. The van der Waals surface area contributed by atoms with Crippen LogP contribution in [0.15, 0.2) is 78.9 Å². The fourth-order valence-corrected chi connectivity index (χ4v) is 3.21. The van der Waals surface area contributed by atoms with Gasteiger partial charge in [0.15, 0.2) is 0 Å². The predicted octanol–water partition coefficient (Wildman–Crippen LogP) is 4.66. The van der Waals surface area contributed by atoms with Crippen LogP contribution >= 0.6 is 0 Å². The summed E-state index contributed by atoms with van der Waals surface area (Å²) in [7, 11) is 0. The first-order valence-corrected chi connectivity index (χ1v) is 9.98. The van der Waals surface area contributed by atoms with E-state index in [1.165, 1.54) is 12.5 Å². The van der Waals surface area contributed by atoms with Crippen molar-refractivity contribution in [3.8, 4) is 0 Å². The molecule has 0 spiro atoms. The molecule has 154 valence electrons. The number of anilines is 2. The average Bonchev–Trinajstić information content (AvgIpc) is 2.74. The molecule has 0 fully saturated rings. The maximum Gasteiger partial charge on any atom is 0.241 e. The molecule has 5 heteroatoms. The minimum Gasteiger partial charge on any atom is -0.326 e. The van der Waals surface area contributed by atoms with Crippen molar-refractivity contribution < 1.29 is 9.59 Å². The van der Waals surface area contributed by atoms with E-state index in [0.717, 1.165) is 11.1 Å². The molecule has 3 aromatic carbocycles. The summed E-state index contributed by atoms with van der Waals surface area (Å²) in [5, 5.41) is 9.09. The first kappa shape index (κ1) is 21.3. The summed E-state index contributed by atoms with van der Waals surface area (Å²) in [6, 6.07) is 25.0. The third-order valence-electron chi connectivity index (χ3n) is 4.83. The Balaban J connectivity index is 1.71. The van der Waals surface area contributed by atoms with Crippen LogP contribution in [0.2, 0.25) is 0 Å². The minimum atomic E-state index is -0.425. The van der Waals surface area contributed by atoms with E-state index < -0.39 is 6.04 Å². The number of hydrogen-bond acceptors (Lipinski definition) is 3. The fourth-order valence-electron chi connectivity index (χ4n) is 3.21. The first-order valence-electron chi connectivity index (χ1n) is 9.98. The van der Waals surface area contributed by atoms with Crippen molar-refractivity contribution in [2.24, 2.45) is 0 Å². The minimum absolute atomic E-state index is 0.102. The van der Waals surface area contributed by atoms with Crippen molar-refractivity contribution in [1.29, 1.82) is 0 Å². The molecule has 0 aliphatic carbocycles. The van der Waals surface area contributed by atoms with Crippen LogP contribution in [0.4, 0.5) is 11.4 Å². The van der Waals surface area contributed by atoms with Crippen LogP contribution in [0.25, 0.3) is 0 Å². The molecular weight excluding hydrogens is 374 g/mol. The number of aryl methyl sites for hydroxylation is 1. The van der Waals surface area contributed by atoms with Gasteiger partial charge in [-0.2, -0.15) is 0 Å². The number of carbonyl (C=O) groups is 2. The van der Waals surface area contributed by atoms with Gasteiger partial charge in [-0.3, -0.25) is 14.9 Å². The molecule has 3 N–H and O–H groups in total. The summed E-state index contributed by atoms with van der Waals surface area (Å²) in [6.45, 7) is 5.37. The molecule has 30 heavy (non-hydrogen) atoms. The van der Waals surface area contributed by atoms with Gasteiger partial charge in [0.1, 0.15) is 0 Å². The third-order valence-corrected chi connectivity index (χ3v) is 4.83. The van der Waals surface area contributed by atoms with Crippen LogP contribution in [0.1, 0.15) is 36.6 Å². The molecule has 3 rings (SSSR count). The Hall–Kier alpha value is -3.44. The van der Waals surface area contributed by atoms with Gasteiger partial charge < -0.3 is 10.6 Å². The van der Waals surface area contributed by atoms with Gasteiger partial charge in [0.05, 0.1) is 12.1 Å². The second-order valence-corrected chi connectivity index (χ2v) is 7.39. The molecule has 2 atom stereocenters. The standard InChI is InChI=1S/C25H27N3O2/c1-17-9-11-21(12-10-17)24(20-7-5-4-6-8-20)26-18(2)25(30)28-23-15-13-22(14-16-23)27-19(3)29/h4-16,18,24,26H,1-3H3,(H,27,29)(H,28,30)/t18-,24-/m1/s1. The lowest BCUT2D eigenvalue weighted by Crippen LogP contribution is -2.40. The maximum atomic E-state index is 12.8. The van der Waals surface area contributed by atoms with E-state index in [9.17, 15) is 9.59 Å². The van der Waals surface area contributed by atoms with Gasteiger partial charge in [-0.1, -0.05) is 60.2 Å². The lowest BCUT2D eigenvalue weighted by atomic mass is 9.97. The smallest absolute Gasteiger partial charge is 0.241 e. The zero-order valence-corrected chi connectivity index (χ0v) is 17.5. The van der Waals surface area contributed by atoms with E-state index in [2.05, 4.69) is 59.3 Å². The van der Waals surface area contributed by atoms with E-state index >= 15 is 0 Å². The van der Waals surface area contributed by atoms with E-state index in [1.807, 2.05) is 25.1 Å². The van der Waals surface area contributed by atoms with Crippen LogP contribution in [0.3, 0.4) is 0 Å². The predicted molar refractivity (Wildman–Crippen MR) is 121 cm³/mol. The fraction of sp³-hybridized carbons (Fsp3) is 0.200. The van der Waals surface area contributed by atoms with Gasteiger partial charge in [-0.25, -0.2) is 0 Å². The van der Waals surface area contributed by atoms with Gasteiger partial charge in [0.25, 0.3) is 0 Å². The number of amides is 2. The molecule has 0 saturated heterocycles. The second kappa shape index (κ2) is 9.85. The van der Waals surface area contributed by atoms with E-state index in [0.29, 0.717) is 11.4 Å². The van der Waals surface area contributed by atoms with Crippen molar-refractivity contribution in [1.82, 2.24) is 5.32 Å². The van der Waals surface area contributed by atoms with Crippen LogP contribution in [0, 0.1) is 6.92 Å². The summed E-state index contributed by atoms with van der Waals surface area (Å²) < 4.78 is 0. The van der Waals surface area contributed by atoms with Crippen molar-refractivity contribution in [2.45, 2.75) is 32.9 Å². The lowest BCUT2D eigenvalue weighted by molar-refractivity contribution is -0.118. The number of rotatable bonds is 7. The molecule has 0 unspecified atom stereocenters. The Morgan fingerprint density at radius 2 is 1.27 bits per heavy atom. The Kier molecular flexibility index (Phi) is 6.99. The first-order chi connectivity index (χ1) is 14.4. The largest absolute Gasteiger partial charge is 0.326 e. The molecule has 5 nitrogen and oxygen atoms in total. The molecule has 2 amide bonds. The monoisotopic (exact) mass is 401 g/mol. The van der Waals surface area contributed by atoms with Crippen LogP contribution in [0.5, 0.6) is 0 Å². The molecule has 0 saturated carbocycles. The topological polar surface area (TPSA) is 70.2 Å². The zero-order valence-electron chi connectivity index (χ0n) is 17.5. The number of nitrogens with one attached hydrogen (secondary N) is 3. The zero-order chi connectivity index (χ0) is 21.5. The Bertz CT molecular complexity index is 983. The molecule has 0 aliphatic heterocycles. The number of hydrogen-bond donors (Lipinski definition) is 3. The number of benzene rings is 3. The molecule has 0 bridgehead atoms. The van der Waals surface area contributed by atoms with E-state index in [-0.39, 0.29) is 17.9 Å². The molecule has 0 aliphatic rings. The summed E-state index contributed by atoms with van der Waals surface area (Å²) in [5.74, 6) is -0.261. The summed E-state index contributed by atoms with van der Waals surface area (Å²) in [5.41, 5.74) is 4.76.